The molecule has 20 heavy (non-hydrogen) atoms. The highest BCUT2D eigenvalue weighted by Crippen LogP contribution is 2.40. The van der Waals surface area contributed by atoms with Gasteiger partial charge in [0.15, 0.2) is 11.5 Å². The van der Waals surface area contributed by atoms with Crippen molar-refractivity contribution in [1.82, 2.24) is 0 Å². The number of benzene rings is 1. The third kappa shape index (κ3) is 3.66. The monoisotopic (exact) mass is 275 g/mol. The van der Waals surface area contributed by atoms with Gasteiger partial charge in [-0.1, -0.05) is 20.8 Å². The Bertz CT molecular complexity index is 495. The lowest BCUT2D eigenvalue weighted by Gasteiger charge is -2.23. The third-order valence-corrected chi connectivity index (χ3v) is 3.18. The van der Waals surface area contributed by atoms with E-state index >= 15 is 0 Å². The maximum atomic E-state index is 7.30. The van der Waals surface area contributed by atoms with Gasteiger partial charge >= 0.3 is 0 Å². The summed E-state index contributed by atoms with van der Waals surface area (Å²) < 4.78 is 11.5. The molecule has 1 aromatic carbocycles. The topological polar surface area (TPSA) is 22.8 Å². The number of nitrogens with zero attached hydrogens (tertiary/aromatic N) is 1. The predicted octanol–water partition coefficient (Wildman–Crippen LogP) is 4.76. The standard InChI is InChI=1S/C17H25NO2/c1-8-19-15-11-13(17(4,5)6)10-14(12(3)18-7)16(15)20-9-2/h10-12H,8-9H2,1-6H3. The third-order valence-electron chi connectivity index (χ3n) is 3.18. The van der Waals surface area contributed by atoms with Crippen molar-refractivity contribution in [2.75, 3.05) is 13.2 Å². The molecule has 0 N–H and O–H groups in total. The Labute approximate surface area is 122 Å². The first kappa shape index (κ1) is 16.4. The van der Waals surface area contributed by atoms with Crippen LogP contribution in [0.15, 0.2) is 12.1 Å². The van der Waals surface area contributed by atoms with Crippen LogP contribution in [0.3, 0.4) is 0 Å². The first-order valence-corrected chi connectivity index (χ1v) is 7.15. The summed E-state index contributed by atoms with van der Waals surface area (Å²) in [6.07, 6.45) is 0. The Morgan fingerprint density at radius 1 is 1.15 bits per heavy atom. The zero-order valence-corrected chi connectivity index (χ0v) is 13.4. The maximum Gasteiger partial charge on any atom is 0.249 e. The van der Waals surface area contributed by atoms with E-state index in [2.05, 4.69) is 31.7 Å². The molecule has 0 spiro atoms. The molecule has 1 unspecified atom stereocenters. The van der Waals surface area contributed by atoms with Crippen LogP contribution in [-0.2, 0) is 5.41 Å². The zero-order valence-electron chi connectivity index (χ0n) is 13.4. The second-order valence-corrected chi connectivity index (χ2v) is 5.81. The zero-order chi connectivity index (χ0) is 15.3. The average Bonchev–Trinajstić information content (AvgIpc) is 2.38. The normalized spacial score (nSPS) is 12.7. The Morgan fingerprint density at radius 2 is 1.75 bits per heavy atom. The van der Waals surface area contributed by atoms with Gasteiger partial charge < -0.3 is 14.3 Å². The summed E-state index contributed by atoms with van der Waals surface area (Å²) in [4.78, 5) is 3.64. The molecule has 0 aromatic heterocycles. The van der Waals surface area contributed by atoms with E-state index in [-0.39, 0.29) is 11.5 Å². The molecule has 1 rings (SSSR count). The molecule has 3 nitrogen and oxygen atoms in total. The van der Waals surface area contributed by atoms with E-state index in [1.54, 1.807) is 0 Å². The minimum absolute atomic E-state index is 0.00704. The number of ether oxygens (including phenoxy) is 2. The molecule has 0 heterocycles. The van der Waals surface area contributed by atoms with E-state index in [0.29, 0.717) is 19.0 Å². The second-order valence-electron chi connectivity index (χ2n) is 5.81. The second kappa shape index (κ2) is 6.65. The largest absolute Gasteiger partial charge is 0.490 e. The van der Waals surface area contributed by atoms with Crippen LogP contribution in [0.4, 0.5) is 0 Å². The van der Waals surface area contributed by atoms with E-state index < -0.39 is 0 Å². The Hall–Kier alpha value is -1.69. The van der Waals surface area contributed by atoms with Crippen molar-refractivity contribution in [2.45, 2.75) is 53.0 Å². The fraction of sp³-hybridized carbons (Fsp3) is 0.588. The summed E-state index contributed by atoms with van der Waals surface area (Å²) in [5.41, 5.74) is 2.08. The van der Waals surface area contributed by atoms with Gasteiger partial charge in [-0.05, 0) is 37.0 Å². The molecule has 1 aromatic rings. The lowest BCUT2D eigenvalue weighted by atomic mass is 9.85. The molecular weight excluding hydrogens is 250 g/mol. The molecule has 1 atom stereocenters. The van der Waals surface area contributed by atoms with Gasteiger partial charge in [-0.2, -0.15) is 0 Å². The molecule has 110 valence electrons. The molecule has 0 bridgehead atoms. The summed E-state index contributed by atoms with van der Waals surface area (Å²) >= 11 is 0. The molecule has 0 aliphatic carbocycles. The van der Waals surface area contributed by atoms with Gasteiger partial charge in [0, 0.05) is 6.92 Å². The lowest BCUT2D eigenvalue weighted by molar-refractivity contribution is 0.284. The van der Waals surface area contributed by atoms with Crippen molar-refractivity contribution < 1.29 is 9.47 Å². The Morgan fingerprint density at radius 3 is 2.20 bits per heavy atom. The summed E-state index contributed by atoms with van der Waals surface area (Å²) in [5, 5.41) is 0. The number of rotatable bonds is 5. The van der Waals surface area contributed by atoms with Gasteiger partial charge in [-0.25, -0.2) is 6.57 Å². The summed E-state index contributed by atoms with van der Waals surface area (Å²) in [5.74, 6) is 1.46. The fourth-order valence-electron chi connectivity index (χ4n) is 2.00. The van der Waals surface area contributed by atoms with Gasteiger partial charge in [0.25, 0.3) is 0 Å². The van der Waals surface area contributed by atoms with Gasteiger partial charge in [0.1, 0.15) is 0 Å². The van der Waals surface area contributed by atoms with Crippen molar-refractivity contribution >= 4 is 0 Å². The van der Waals surface area contributed by atoms with Crippen LogP contribution in [-0.4, -0.2) is 13.2 Å². The van der Waals surface area contributed by atoms with Crippen LogP contribution in [0, 0.1) is 6.57 Å². The minimum atomic E-state index is -0.238. The first-order valence-electron chi connectivity index (χ1n) is 7.15. The van der Waals surface area contributed by atoms with E-state index in [9.17, 15) is 0 Å². The Balaban J connectivity index is 3.50. The summed E-state index contributed by atoms with van der Waals surface area (Å²) in [7, 11) is 0. The fourth-order valence-corrected chi connectivity index (χ4v) is 2.00. The smallest absolute Gasteiger partial charge is 0.249 e. The van der Waals surface area contributed by atoms with E-state index in [1.807, 2.05) is 26.8 Å². The molecule has 0 fully saturated rings. The van der Waals surface area contributed by atoms with Crippen LogP contribution in [0.1, 0.15) is 58.7 Å². The lowest BCUT2D eigenvalue weighted by Crippen LogP contribution is -2.13. The molecule has 0 saturated heterocycles. The van der Waals surface area contributed by atoms with E-state index in [1.165, 1.54) is 0 Å². The molecule has 0 aliphatic rings. The molecule has 0 radical (unpaired) electrons. The molecule has 0 aliphatic heterocycles. The van der Waals surface area contributed by atoms with Crippen LogP contribution in [0.2, 0.25) is 0 Å². The van der Waals surface area contributed by atoms with Gasteiger partial charge in [-0.15, -0.1) is 0 Å². The highest BCUT2D eigenvalue weighted by atomic mass is 16.5. The van der Waals surface area contributed by atoms with Crippen molar-refractivity contribution in [3.8, 4) is 11.5 Å². The highest BCUT2D eigenvalue weighted by Gasteiger charge is 2.25. The Kier molecular flexibility index (Phi) is 5.44. The van der Waals surface area contributed by atoms with Crippen LogP contribution < -0.4 is 9.47 Å². The van der Waals surface area contributed by atoms with Crippen LogP contribution >= 0.6 is 0 Å². The van der Waals surface area contributed by atoms with Crippen LogP contribution in [0.25, 0.3) is 4.85 Å². The minimum Gasteiger partial charge on any atom is -0.490 e. The van der Waals surface area contributed by atoms with Crippen LogP contribution in [0.5, 0.6) is 11.5 Å². The van der Waals surface area contributed by atoms with E-state index in [0.717, 1.165) is 16.9 Å². The summed E-state index contributed by atoms with van der Waals surface area (Å²) in [6.45, 7) is 20.7. The van der Waals surface area contributed by atoms with Crippen molar-refractivity contribution in [2.24, 2.45) is 0 Å². The number of hydrogen-bond acceptors (Lipinski definition) is 2. The van der Waals surface area contributed by atoms with Crippen molar-refractivity contribution in [3.05, 3.63) is 34.7 Å². The molecule has 3 heteroatoms. The molecule has 0 saturated carbocycles. The van der Waals surface area contributed by atoms with E-state index in [4.69, 9.17) is 16.0 Å². The highest BCUT2D eigenvalue weighted by molar-refractivity contribution is 5.53. The molecular formula is C17H25NO2. The molecule has 0 amide bonds. The first-order chi connectivity index (χ1) is 9.35. The summed E-state index contributed by atoms with van der Waals surface area (Å²) in [6, 6.07) is 3.88. The predicted molar refractivity (Wildman–Crippen MR) is 82.5 cm³/mol. The van der Waals surface area contributed by atoms with Gasteiger partial charge in [-0.3, -0.25) is 0 Å². The maximum absolute atomic E-state index is 7.30. The quantitative estimate of drug-likeness (QED) is 0.723. The van der Waals surface area contributed by atoms with Gasteiger partial charge in [0.05, 0.1) is 18.8 Å². The van der Waals surface area contributed by atoms with Crippen molar-refractivity contribution in [3.63, 3.8) is 0 Å². The SMILES string of the molecule is [C-]#[N+]C(C)c1cc(C(C)(C)C)cc(OCC)c1OCC. The van der Waals surface area contributed by atoms with Gasteiger partial charge in [0.2, 0.25) is 6.04 Å². The number of hydrogen-bond donors (Lipinski definition) is 0. The van der Waals surface area contributed by atoms with Crippen molar-refractivity contribution in [1.29, 1.82) is 0 Å². The average molecular weight is 275 g/mol.